The number of imidazole rings is 3. The van der Waals surface area contributed by atoms with Gasteiger partial charge in [0.25, 0.3) is 0 Å². The van der Waals surface area contributed by atoms with E-state index in [1.165, 1.54) is 6.33 Å². The van der Waals surface area contributed by atoms with E-state index in [1.54, 1.807) is 10.9 Å². The summed E-state index contributed by atoms with van der Waals surface area (Å²) in [5, 5.41) is 38.8. The third-order valence-corrected chi connectivity index (χ3v) is 8.54. The van der Waals surface area contributed by atoms with Crippen LogP contribution in [0.2, 0.25) is 0 Å². The van der Waals surface area contributed by atoms with Crippen LogP contribution in [-0.2, 0) is 24.8 Å². The Morgan fingerprint density at radius 1 is 0.958 bits per heavy atom. The molecule has 0 amide bonds. The number of aryl methyl sites for hydroxylation is 1. The molecule has 15 nitrogen and oxygen atoms in total. The molecule has 48 heavy (non-hydrogen) atoms. The molecule has 5 heterocycles. The summed E-state index contributed by atoms with van der Waals surface area (Å²) >= 11 is 0. The fraction of sp³-hybridized carbons (Fsp3) is 0.303. The van der Waals surface area contributed by atoms with Gasteiger partial charge in [-0.05, 0) is 11.1 Å². The van der Waals surface area contributed by atoms with Crippen molar-refractivity contribution in [2.75, 3.05) is 23.7 Å². The number of nitrogens with zero attached hydrogens (tertiary/aromatic N) is 7. The van der Waals surface area contributed by atoms with E-state index in [0.717, 1.165) is 27.6 Å². The highest BCUT2D eigenvalue weighted by Gasteiger charge is 2.45. The molecule has 1 fully saturated rings. The lowest BCUT2D eigenvalue weighted by Crippen LogP contribution is -2.35. The summed E-state index contributed by atoms with van der Waals surface area (Å²) in [5.74, 6) is 0.497. The van der Waals surface area contributed by atoms with Crippen molar-refractivity contribution in [3.05, 3.63) is 113 Å². The van der Waals surface area contributed by atoms with Crippen LogP contribution in [0.3, 0.4) is 0 Å². The van der Waals surface area contributed by atoms with Crippen molar-refractivity contribution in [2.24, 2.45) is 7.05 Å². The monoisotopic (exact) mass is 652 g/mol. The summed E-state index contributed by atoms with van der Waals surface area (Å²) in [7, 11) is 1.92. The van der Waals surface area contributed by atoms with Crippen molar-refractivity contribution >= 4 is 22.9 Å². The Morgan fingerprint density at radius 3 is 2.33 bits per heavy atom. The van der Waals surface area contributed by atoms with Gasteiger partial charge in [0.15, 0.2) is 23.2 Å². The fourth-order valence-electron chi connectivity index (χ4n) is 6.05. The summed E-state index contributed by atoms with van der Waals surface area (Å²) in [5.41, 5.74) is 3.42. The van der Waals surface area contributed by atoms with Gasteiger partial charge in [-0.3, -0.25) is 9.13 Å². The SMILES string of the molecule is Cn1cnc(CCNc2nc(NCC(c3ccccc3)c3ccccc3)c3ncn([C@@H]4O[C@H](Cn5c(O)c[nH]c5=O)[C@@H](O)[C@H]4O)c3n2)c1. The maximum atomic E-state index is 12.1. The van der Waals surface area contributed by atoms with Crippen LogP contribution in [0.1, 0.15) is 29.0 Å². The summed E-state index contributed by atoms with van der Waals surface area (Å²) in [4.78, 5) is 33.1. The number of ether oxygens (including phenoxy) is 1. The van der Waals surface area contributed by atoms with Crippen molar-refractivity contribution in [3.63, 3.8) is 0 Å². The van der Waals surface area contributed by atoms with E-state index < -0.39 is 30.2 Å². The molecule has 1 saturated heterocycles. The van der Waals surface area contributed by atoms with E-state index >= 15 is 0 Å². The Kier molecular flexibility index (Phi) is 8.63. The minimum absolute atomic E-state index is 0.00390. The Morgan fingerprint density at radius 2 is 1.69 bits per heavy atom. The molecular weight excluding hydrogens is 616 g/mol. The van der Waals surface area contributed by atoms with E-state index in [9.17, 15) is 20.1 Å². The number of rotatable bonds is 12. The molecule has 4 atom stereocenters. The molecule has 15 heteroatoms. The van der Waals surface area contributed by atoms with Gasteiger partial charge in [-0.2, -0.15) is 9.97 Å². The van der Waals surface area contributed by atoms with Crippen LogP contribution in [-0.4, -0.2) is 85.3 Å². The molecule has 0 unspecified atom stereocenters. The second-order valence-corrected chi connectivity index (χ2v) is 11.8. The zero-order chi connectivity index (χ0) is 33.2. The average molecular weight is 653 g/mol. The van der Waals surface area contributed by atoms with Crippen LogP contribution in [0.4, 0.5) is 11.8 Å². The van der Waals surface area contributed by atoms with Gasteiger partial charge in [0, 0.05) is 38.7 Å². The van der Waals surface area contributed by atoms with Gasteiger partial charge in [-0.1, -0.05) is 60.7 Å². The Hall–Kier alpha value is -5.51. The van der Waals surface area contributed by atoms with E-state index in [0.29, 0.717) is 42.4 Å². The summed E-state index contributed by atoms with van der Waals surface area (Å²) in [6, 6.07) is 20.4. The van der Waals surface area contributed by atoms with Gasteiger partial charge in [-0.25, -0.2) is 14.8 Å². The number of aromatic nitrogens is 8. The molecule has 0 saturated carbocycles. The predicted octanol–water partition coefficient (Wildman–Crippen LogP) is 1.97. The Labute approximate surface area is 274 Å². The first-order chi connectivity index (χ1) is 23.4. The number of aromatic amines is 1. The first kappa shape index (κ1) is 31.1. The van der Waals surface area contributed by atoms with Crippen molar-refractivity contribution in [2.45, 2.75) is 43.4 Å². The number of hydrogen-bond donors (Lipinski definition) is 6. The molecule has 0 spiro atoms. The molecule has 0 radical (unpaired) electrons. The number of benzene rings is 2. The number of fused-ring (bicyclic) bond motifs is 1. The van der Waals surface area contributed by atoms with Crippen molar-refractivity contribution in [1.29, 1.82) is 0 Å². The minimum Gasteiger partial charge on any atom is -0.493 e. The molecule has 1 aliphatic heterocycles. The lowest BCUT2D eigenvalue weighted by Gasteiger charge is -2.20. The predicted molar refractivity (Wildman–Crippen MR) is 177 cm³/mol. The van der Waals surface area contributed by atoms with Gasteiger partial charge in [0.2, 0.25) is 11.8 Å². The van der Waals surface area contributed by atoms with Crippen molar-refractivity contribution < 1.29 is 20.1 Å². The molecule has 7 rings (SSSR count). The van der Waals surface area contributed by atoms with Crippen LogP contribution in [0, 0.1) is 0 Å². The van der Waals surface area contributed by atoms with Gasteiger partial charge in [-0.15, -0.1) is 0 Å². The molecule has 2 aromatic carbocycles. The minimum atomic E-state index is -1.38. The summed E-state index contributed by atoms with van der Waals surface area (Å²) in [6.07, 6.45) is 2.13. The Balaban J connectivity index is 1.20. The fourth-order valence-corrected chi connectivity index (χ4v) is 6.05. The lowest BCUT2D eigenvalue weighted by molar-refractivity contribution is -0.0399. The molecule has 248 valence electrons. The third kappa shape index (κ3) is 6.25. The molecule has 1 aliphatic rings. The van der Waals surface area contributed by atoms with Crippen LogP contribution in [0.5, 0.6) is 5.88 Å². The molecule has 0 aliphatic carbocycles. The zero-order valence-corrected chi connectivity index (χ0v) is 26.1. The highest BCUT2D eigenvalue weighted by molar-refractivity contribution is 5.84. The molecule has 6 N–H and O–H groups in total. The van der Waals surface area contributed by atoms with Crippen molar-refractivity contribution in [1.82, 2.24) is 38.6 Å². The number of hydrogen-bond acceptors (Lipinski definition) is 11. The number of aromatic hydroxyl groups is 1. The normalized spacial score (nSPS) is 19.3. The lowest BCUT2D eigenvalue weighted by atomic mass is 9.91. The number of aliphatic hydroxyl groups is 2. The number of nitrogens with one attached hydrogen (secondary N) is 3. The first-order valence-corrected chi connectivity index (χ1v) is 15.6. The molecule has 0 bridgehead atoms. The van der Waals surface area contributed by atoms with E-state index in [1.807, 2.05) is 54.2 Å². The largest absolute Gasteiger partial charge is 0.493 e. The van der Waals surface area contributed by atoms with E-state index in [2.05, 4.69) is 49.9 Å². The topological polar surface area (TPSA) is 193 Å². The Bertz CT molecular complexity index is 2000. The summed E-state index contributed by atoms with van der Waals surface area (Å²) in [6.45, 7) is 0.821. The van der Waals surface area contributed by atoms with Gasteiger partial charge in [0.05, 0.1) is 31.1 Å². The first-order valence-electron chi connectivity index (χ1n) is 15.6. The highest BCUT2D eigenvalue weighted by Crippen LogP contribution is 2.34. The van der Waals surface area contributed by atoms with Gasteiger partial charge < -0.3 is 40.2 Å². The quantitative estimate of drug-likeness (QED) is 0.113. The maximum Gasteiger partial charge on any atom is 0.328 e. The maximum absolute atomic E-state index is 12.1. The van der Waals surface area contributed by atoms with E-state index in [-0.39, 0.29) is 18.3 Å². The van der Waals surface area contributed by atoms with Crippen LogP contribution in [0.25, 0.3) is 11.2 Å². The average Bonchev–Trinajstić information content (AvgIpc) is 3.86. The standard InChI is InChI=1S/C33H36N10O5/c1-41-16-22(37-18-41)12-13-34-32-39-29(35-14-23(20-8-4-2-5-9-20)21-10-6-3-7-11-21)26-30(40-32)43(19-38-26)31-28(46)27(45)24(48-31)17-42-25(44)15-36-33(42)47/h2-11,15-16,18-19,23-24,27-28,31,44-46H,12-14,17H2,1H3,(H,36,47)(H2,34,35,39,40)/t24-,27-,28-,31-/m1/s1. The number of H-pyrrole nitrogens is 1. The molecule has 6 aromatic rings. The number of aliphatic hydroxyl groups excluding tert-OH is 2. The highest BCUT2D eigenvalue weighted by atomic mass is 16.6. The molecular formula is C33H36N10O5. The van der Waals surface area contributed by atoms with Crippen LogP contribution < -0.4 is 16.3 Å². The summed E-state index contributed by atoms with van der Waals surface area (Å²) < 4.78 is 10.5. The second-order valence-electron chi connectivity index (χ2n) is 11.8. The van der Waals surface area contributed by atoms with Gasteiger partial charge in [0.1, 0.15) is 18.3 Å². The van der Waals surface area contributed by atoms with Crippen LogP contribution >= 0.6 is 0 Å². The van der Waals surface area contributed by atoms with Crippen molar-refractivity contribution in [3.8, 4) is 5.88 Å². The van der Waals surface area contributed by atoms with Gasteiger partial charge >= 0.3 is 5.69 Å². The molecule has 4 aromatic heterocycles. The number of anilines is 2. The van der Waals surface area contributed by atoms with Crippen LogP contribution in [0.15, 0.2) is 90.5 Å². The third-order valence-electron chi connectivity index (χ3n) is 8.54. The smallest absolute Gasteiger partial charge is 0.328 e. The second kappa shape index (κ2) is 13.3. The van der Waals surface area contributed by atoms with E-state index in [4.69, 9.17) is 14.7 Å². The zero-order valence-electron chi connectivity index (χ0n) is 26.1.